The molecule has 2 aromatic rings. The minimum absolute atomic E-state index is 0.0442. The van der Waals surface area contributed by atoms with Crippen molar-refractivity contribution in [2.75, 3.05) is 0 Å². The Morgan fingerprint density at radius 2 is 2.07 bits per heavy atom. The first kappa shape index (κ1) is 20.4. The summed E-state index contributed by atoms with van der Waals surface area (Å²) in [7, 11) is 1.90. The van der Waals surface area contributed by atoms with Crippen LogP contribution in [-0.2, 0) is 29.5 Å². The first-order valence-electron chi connectivity index (χ1n) is 10.5. The molecule has 0 saturated heterocycles. The van der Waals surface area contributed by atoms with Crippen molar-refractivity contribution in [3.63, 3.8) is 0 Å². The molecule has 0 aliphatic carbocycles. The standard InChI is InChI=1S/C23H32N2O3/c1-5-6-10-17-15-20-18(23(27)28-16(2)3)11-7-8-14-25(20)21(17)22(26)19-12-9-13-24(19)4/h9,12-13,15-16,18H,5-8,10-11,14H2,1-4H3. The highest BCUT2D eigenvalue weighted by Gasteiger charge is 2.32. The Kier molecular flexibility index (Phi) is 6.42. The highest BCUT2D eigenvalue weighted by Crippen LogP contribution is 2.34. The number of carbonyl (C=O) groups excluding carboxylic acids is 2. The van der Waals surface area contributed by atoms with E-state index in [0.717, 1.165) is 62.0 Å². The minimum Gasteiger partial charge on any atom is -0.462 e. The van der Waals surface area contributed by atoms with Gasteiger partial charge in [0.15, 0.2) is 0 Å². The molecule has 3 rings (SSSR count). The van der Waals surface area contributed by atoms with Crippen LogP contribution in [-0.4, -0.2) is 27.0 Å². The molecule has 152 valence electrons. The summed E-state index contributed by atoms with van der Waals surface area (Å²) in [6, 6.07) is 5.87. The van der Waals surface area contributed by atoms with Crippen molar-refractivity contribution in [2.45, 2.75) is 77.9 Å². The van der Waals surface area contributed by atoms with Crippen molar-refractivity contribution < 1.29 is 14.3 Å². The number of esters is 1. The van der Waals surface area contributed by atoms with Crippen LogP contribution in [0.5, 0.6) is 0 Å². The Bertz CT molecular complexity index is 844. The fourth-order valence-electron chi connectivity index (χ4n) is 4.12. The monoisotopic (exact) mass is 384 g/mol. The Morgan fingerprint density at radius 1 is 1.29 bits per heavy atom. The molecule has 0 bridgehead atoms. The number of hydrogen-bond donors (Lipinski definition) is 0. The van der Waals surface area contributed by atoms with E-state index in [-0.39, 0.29) is 23.8 Å². The molecule has 28 heavy (non-hydrogen) atoms. The van der Waals surface area contributed by atoms with E-state index in [2.05, 4.69) is 17.6 Å². The van der Waals surface area contributed by atoms with Crippen molar-refractivity contribution >= 4 is 11.8 Å². The number of fused-ring (bicyclic) bond motifs is 1. The molecule has 5 nitrogen and oxygen atoms in total. The van der Waals surface area contributed by atoms with Crippen molar-refractivity contribution in [3.8, 4) is 0 Å². The average molecular weight is 385 g/mol. The first-order chi connectivity index (χ1) is 13.4. The van der Waals surface area contributed by atoms with Crippen LogP contribution >= 0.6 is 0 Å². The van der Waals surface area contributed by atoms with Gasteiger partial charge in [0.2, 0.25) is 5.78 Å². The molecule has 1 unspecified atom stereocenters. The van der Waals surface area contributed by atoms with Crippen molar-refractivity contribution in [2.24, 2.45) is 7.05 Å². The quantitative estimate of drug-likeness (QED) is 0.517. The van der Waals surface area contributed by atoms with E-state index < -0.39 is 0 Å². The molecule has 3 heterocycles. The summed E-state index contributed by atoms with van der Waals surface area (Å²) in [6.45, 7) is 6.69. The summed E-state index contributed by atoms with van der Waals surface area (Å²) in [5.74, 6) is -0.418. The molecule has 1 atom stereocenters. The zero-order valence-corrected chi connectivity index (χ0v) is 17.5. The number of unbranched alkanes of at least 4 members (excludes halogenated alkanes) is 1. The van der Waals surface area contributed by atoms with Gasteiger partial charge in [-0.2, -0.15) is 0 Å². The average Bonchev–Trinajstić information content (AvgIpc) is 3.16. The molecular formula is C23H32N2O3. The van der Waals surface area contributed by atoms with E-state index in [1.165, 1.54) is 0 Å². The van der Waals surface area contributed by atoms with E-state index in [0.29, 0.717) is 5.69 Å². The van der Waals surface area contributed by atoms with Crippen molar-refractivity contribution in [1.29, 1.82) is 0 Å². The Hall–Kier alpha value is -2.30. The van der Waals surface area contributed by atoms with Crippen LogP contribution in [0, 0.1) is 0 Å². The fourth-order valence-corrected chi connectivity index (χ4v) is 4.12. The van der Waals surface area contributed by atoms with Gasteiger partial charge in [-0.1, -0.05) is 19.8 Å². The van der Waals surface area contributed by atoms with Gasteiger partial charge < -0.3 is 13.9 Å². The molecule has 2 aromatic heterocycles. The molecule has 1 aliphatic heterocycles. The lowest BCUT2D eigenvalue weighted by Crippen LogP contribution is -2.22. The van der Waals surface area contributed by atoms with E-state index in [1.807, 2.05) is 43.8 Å². The lowest BCUT2D eigenvalue weighted by Gasteiger charge is -2.18. The van der Waals surface area contributed by atoms with Crippen LogP contribution in [0.2, 0.25) is 0 Å². The van der Waals surface area contributed by atoms with Crippen molar-refractivity contribution in [1.82, 2.24) is 9.13 Å². The number of aromatic nitrogens is 2. The van der Waals surface area contributed by atoms with E-state index in [1.54, 1.807) is 0 Å². The van der Waals surface area contributed by atoms with Gasteiger partial charge in [0, 0.05) is 25.5 Å². The minimum atomic E-state index is -0.291. The van der Waals surface area contributed by atoms with Gasteiger partial charge in [0.25, 0.3) is 0 Å². The summed E-state index contributed by atoms with van der Waals surface area (Å²) in [4.78, 5) is 26.2. The zero-order valence-electron chi connectivity index (χ0n) is 17.5. The van der Waals surface area contributed by atoms with Gasteiger partial charge in [0.05, 0.1) is 23.4 Å². The SMILES string of the molecule is CCCCc1cc2n(c1C(=O)c1cccn1C)CCCCC2C(=O)OC(C)C. The molecule has 0 spiro atoms. The van der Waals surface area contributed by atoms with Gasteiger partial charge >= 0.3 is 5.97 Å². The first-order valence-corrected chi connectivity index (χ1v) is 10.5. The van der Waals surface area contributed by atoms with Gasteiger partial charge in [-0.3, -0.25) is 9.59 Å². The zero-order chi connectivity index (χ0) is 20.3. The maximum absolute atomic E-state index is 13.5. The van der Waals surface area contributed by atoms with Gasteiger partial charge in [-0.05, 0) is 63.3 Å². The molecule has 0 radical (unpaired) electrons. The second-order valence-electron chi connectivity index (χ2n) is 8.07. The van der Waals surface area contributed by atoms with E-state index in [4.69, 9.17) is 4.74 Å². The molecule has 1 aliphatic rings. The van der Waals surface area contributed by atoms with Gasteiger partial charge in [0.1, 0.15) is 0 Å². The number of nitrogens with zero attached hydrogens (tertiary/aromatic N) is 2. The van der Waals surface area contributed by atoms with Crippen LogP contribution in [0.1, 0.15) is 86.2 Å². The Labute approximate surface area is 167 Å². The lowest BCUT2D eigenvalue weighted by molar-refractivity contribution is -0.149. The normalized spacial score (nSPS) is 16.7. The largest absolute Gasteiger partial charge is 0.462 e. The highest BCUT2D eigenvalue weighted by molar-refractivity contribution is 6.08. The van der Waals surface area contributed by atoms with Crippen LogP contribution in [0.4, 0.5) is 0 Å². The molecule has 0 fully saturated rings. The molecule has 5 heteroatoms. The lowest BCUT2D eigenvalue weighted by atomic mass is 9.98. The summed E-state index contributed by atoms with van der Waals surface area (Å²) in [5, 5.41) is 0. The summed E-state index contributed by atoms with van der Waals surface area (Å²) in [6.07, 6.45) is 7.41. The van der Waals surface area contributed by atoms with E-state index >= 15 is 0 Å². The van der Waals surface area contributed by atoms with Crippen LogP contribution in [0.15, 0.2) is 24.4 Å². The maximum Gasteiger partial charge on any atom is 0.315 e. The van der Waals surface area contributed by atoms with Crippen molar-refractivity contribution in [3.05, 3.63) is 47.0 Å². The summed E-state index contributed by atoms with van der Waals surface area (Å²) in [5.41, 5.74) is 3.46. The van der Waals surface area contributed by atoms with Gasteiger partial charge in [-0.15, -0.1) is 0 Å². The summed E-state index contributed by atoms with van der Waals surface area (Å²) >= 11 is 0. The van der Waals surface area contributed by atoms with Crippen LogP contribution < -0.4 is 0 Å². The predicted octanol–water partition coefficient (Wildman–Crippen LogP) is 4.62. The third-order valence-electron chi connectivity index (χ3n) is 5.52. The highest BCUT2D eigenvalue weighted by atomic mass is 16.5. The number of rotatable bonds is 7. The second kappa shape index (κ2) is 8.80. The fraction of sp³-hybridized carbons (Fsp3) is 0.565. The third-order valence-corrected chi connectivity index (χ3v) is 5.52. The number of carbonyl (C=O) groups is 2. The Morgan fingerprint density at radius 3 is 2.71 bits per heavy atom. The predicted molar refractivity (Wildman–Crippen MR) is 110 cm³/mol. The maximum atomic E-state index is 13.5. The number of aryl methyl sites for hydroxylation is 2. The number of ketones is 1. The third kappa shape index (κ3) is 4.08. The smallest absolute Gasteiger partial charge is 0.315 e. The summed E-state index contributed by atoms with van der Waals surface area (Å²) < 4.78 is 9.52. The Balaban J connectivity index is 2.08. The number of hydrogen-bond acceptors (Lipinski definition) is 3. The number of ether oxygens (including phenoxy) is 1. The second-order valence-corrected chi connectivity index (χ2v) is 8.07. The van der Waals surface area contributed by atoms with Gasteiger partial charge in [-0.25, -0.2) is 0 Å². The molecular weight excluding hydrogens is 352 g/mol. The van der Waals surface area contributed by atoms with Crippen LogP contribution in [0.3, 0.4) is 0 Å². The molecule has 0 amide bonds. The van der Waals surface area contributed by atoms with E-state index in [9.17, 15) is 9.59 Å². The molecule has 0 aromatic carbocycles. The topological polar surface area (TPSA) is 53.2 Å². The van der Waals surface area contributed by atoms with Crippen LogP contribution in [0.25, 0.3) is 0 Å². The molecule has 0 N–H and O–H groups in total. The molecule has 0 saturated carbocycles.